The Kier molecular flexibility index (Phi) is 11.2. The molecule has 0 aliphatic heterocycles. The Balaban J connectivity index is 0.00000400. The van der Waals surface area contributed by atoms with Crippen molar-refractivity contribution in [3.63, 3.8) is 0 Å². The zero-order chi connectivity index (χ0) is 14.8. The van der Waals surface area contributed by atoms with Crippen LogP contribution < -0.4 is 10.6 Å². The van der Waals surface area contributed by atoms with Crippen molar-refractivity contribution in [3.05, 3.63) is 11.7 Å². The first kappa shape index (κ1) is 20.1. The van der Waals surface area contributed by atoms with Gasteiger partial charge in [-0.2, -0.15) is 4.98 Å². The number of methoxy groups -OCH3 is 1. The minimum atomic E-state index is 0. The molecular weight excluding hydrogens is 385 g/mol. The number of nitrogens with zero attached hydrogens (tertiary/aromatic N) is 3. The fourth-order valence-electron chi connectivity index (χ4n) is 1.48. The largest absolute Gasteiger partial charge is 0.383 e. The van der Waals surface area contributed by atoms with E-state index in [1.54, 1.807) is 7.11 Å². The van der Waals surface area contributed by atoms with E-state index in [0.717, 1.165) is 18.3 Å². The Morgan fingerprint density at radius 1 is 1.38 bits per heavy atom. The number of ether oxygens (including phenoxy) is 1. The first-order valence-corrected chi connectivity index (χ1v) is 7.01. The molecular formula is C13H26IN5O2. The van der Waals surface area contributed by atoms with Gasteiger partial charge in [0.1, 0.15) is 0 Å². The van der Waals surface area contributed by atoms with Gasteiger partial charge in [0.25, 0.3) is 0 Å². The summed E-state index contributed by atoms with van der Waals surface area (Å²) in [7, 11) is 1.66. The van der Waals surface area contributed by atoms with Crippen LogP contribution in [0.15, 0.2) is 9.52 Å². The van der Waals surface area contributed by atoms with Crippen molar-refractivity contribution in [2.45, 2.75) is 33.1 Å². The molecule has 0 fully saturated rings. The molecule has 0 atom stereocenters. The van der Waals surface area contributed by atoms with Crippen LogP contribution in [0, 0.1) is 0 Å². The fraction of sp³-hybridized carbons (Fsp3) is 0.769. The van der Waals surface area contributed by atoms with Crippen molar-refractivity contribution in [1.82, 2.24) is 20.8 Å². The Morgan fingerprint density at radius 2 is 2.14 bits per heavy atom. The molecule has 0 aliphatic rings. The number of aliphatic imine (C=N–C) groups is 1. The minimum absolute atomic E-state index is 0. The van der Waals surface area contributed by atoms with E-state index < -0.39 is 0 Å². The summed E-state index contributed by atoms with van der Waals surface area (Å²) in [4.78, 5) is 8.70. The van der Waals surface area contributed by atoms with E-state index in [4.69, 9.17) is 9.26 Å². The molecule has 0 unspecified atom stereocenters. The molecule has 0 amide bonds. The van der Waals surface area contributed by atoms with E-state index in [1.807, 2.05) is 20.8 Å². The average molecular weight is 411 g/mol. The number of aromatic nitrogens is 2. The third kappa shape index (κ3) is 8.20. The second-order valence-electron chi connectivity index (χ2n) is 4.63. The zero-order valence-corrected chi connectivity index (χ0v) is 15.5. The maximum atomic E-state index is 5.18. The van der Waals surface area contributed by atoms with Crippen LogP contribution in [0.4, 0.5) is 0 Å². The normalized spacial score (nSPS) is 11.4. The van der Waals surface area contributed by atoms with Gasteiger partial charge >= 0.3 is 0 Å². The van der Waals surface area contributed by atoms with Gasteiger partial charge in [0.05, 0.1) is 13.2 Å². The predicted molar refractivity (Wildman–Crippen MR) is 93.4 cm³/mol. The standard InChI is InChI=1S/C13H25N5O2.HI/c1-5-14-13(16-8-9-19-4)15-7-6-11-17-12(10(2)3)18-20-11;/h10H,5-9H2,1-4H3,(H2,14,15,16);1H. The van der Waals surface area contributed by atoms with Gasteiger partial charge in [0, 0.05) is 32.5 Å². The van der Waals surface area contributed by atoms with Gasteiger partial charge in [-0.3, -0.25) is 4.99 Å². The molecule has 0 spiro atoms. The summed E-state index contributed by atoms with van der Waals surface area (Å²) in [6.45, 7) is 8.86. The third-order valence-electron chi connectivity index (χ3n) is 2.54. The summed E-state index contributed by atoms with van der Waals surface area (Å²) in [6.07, 6.45) is 0.675. The van der Waals surface area contributed by atoms with Crippen molar-refractivity contribution in [2.24, 2.45) is 4.99 Å². The van der Waals surface area contributed by atoms with Gasteiger partial charge < -0.3 is 19.9 Å². The fourth-order valence-corrected chi connectivity index (χ4v) is 1.48. The quantitative estimate of drug-likeness (QED) is 0.292. The molecule has 0 bridgehead atoms. The number of nitrogens with one attached hydrogen (secondary N) is 2. The number of rotatable bonds is 8. The lowest BCUT2D eigenvalue weighted by molar-refractivity contribution is 0.208. The summed E-state index contributed by atoms with van der Waals surface area (Å²) in [5.74, 6) is 2.45. The van der Waals surface area contributed by atoms with Crippen LogP contribution in [0.1, 0.15) is 38.4 Å². The number of hydrogen-bond donors (Lipinski definition) is 2. The molecule has 2 N–H and O–H groups in total. The van der Waals surface area contributed by atoms with Crippen LogP contribution in [-0.4, -0.2) is 49.5 Å². The molecule has 8 heteroatoms. The molecule has 122 valence electrons. The maximum absolute atomic E-state index is 5.18. The van der Waals surface area contributed by atoms with Crippen molar-refractivity contribution >= 4 is 29.9 Å². The zero-order valence-electron chi connectivity index (χ0n) is 13.2. The highest BCUT2D eigenvalue weighted by atomic mass is 127. The number of hydrogen-bond acceptors (Lipinski definition) is 5. The molecule has 1 heterocycles. The molecule has 0 saturated heterocycles. The van der Waals surface area contributed by atoms with Gasteiger partial charge in [-0.25, -0.2) is 0 Å². The van der Waals surface area contributed by atoms with E-state index in [2.05, 4.69) is 25.8 Å². The molecule has 0 aliphatic carbocycles. The predicted octanol–water partition coefficient (Wildman–Crippen LogP) is 1.55. The van der Waals surface area contributed by atoms with Crippen LogP contribution in [0.5, 0.6) is 0 Å². The summed E-state index contributed by atoms with van der Waals surface area (Å²) in [5.41, 5.74) is 0. The first-order valence-electron chi connectivity index (χ1n) is 7.01. The van der Waals surface area contributed by atoms with Gasteiger partial charge in [0.2, 0.25) is 5.89 Å². The van der Waals surface area contributed by atoms with Crippen molar-refractivity contribution in [1.29, 1.82) is 0 Å². The highest BCUT2D eigenvalue weighted by Gasteiger charge is 2.09. The van der Waals surface area contributed by atoms with Crippen molar-refractivity contribution in [3.8, 4) is 0 Å². The summed E-state index contributed by atoms with van der Waals surface area (Å²) in [5, 5.41) is 10.3. The second-order valence-corrected chi connectivity index (χ2v) is 4.63. The Labute approximate surface area is 143 Å². The highest BCUT2D eigenvalue weighted by molar-refractivity contribution is 14.0. The molecule has 7 nitrogen and oxygen atoms in total. The van der Waals surface area contributed by atoms with Crippen molar-refractivity contribution < 1.29 is 9.26 Å². The van der Waals surface area contributed by atoms with Crippen LogP contribution in [0.2, 0.25) is 0 Å². The Hall–Kier alpha value is -0.900. The average Bonchev–Trinajstić information content (AvgIpc) is 2.88. The van der Waals surface area contributed by atoms with Crippen molar-refractivity contribution in [2.75, 3.05) is 33.4 Å². The molecule has 0 radical (unpaired) electrons. The van der Waals surface area contributed by atoms with Crippen LogP contribution in [0.3, 0.4) is 0 Å². The van der Waals surface area contributed by atoms with Gasteiger partial charge in [0.15, 0.2) is 11.8 Å². The lowest BCUT2D eigenvalue weighted by atomic mass is 10.2. The van der Waals surface area contributed by atoms with Crippen LogP contribution in [-0.2, 0) is 11.2 Å². The minimum Gasteiger partial charge on any atom is -0.383 e. The van der Waals surface area contributed by atoms with E-state index in [-0.39, 0.29) is 29.9 Å². The number of guanidine groups is 1. The smallest absolute Gasteiger partial charge is 0.228 e. The molecule has 1 aromatic heterocycles. The van der Waals surface area contributed by atoms with Crippen LogP contribution in [0.25, 0.3) is 0 Å². The Morgan fingerprint density at radius 3 is 2.71 bits per heavy atom. The molecule has 1 rings (SSSR count). The van der Waals surface area contributed by atoms with E-state index in [1.165, 1.54) is 0 Å². The molecule has 1 aromatic rings. The van der Waals surface area contributed by atoms with Gasteiger partial charge in [-0.05, 0) is 6.92 Å². The lowest BCUT2D eigenvalue weighted by Crippen LogP contribution is -2.38. The SMILES string of the molecule is CCNC(=NCCOC)NCCc1nc(C(C)C)no1.I. The first-order chi connectivity index (χ1) is 9.67. The maximum Gasteiger partial charge on any atom is 0.228 e. The highest BCUT2D eigenvalue weighted by Crippen LogP contribution is 2.09. The third-order valence-corrected chi connectivity index (χ3v) is 2.54. The van der Waals surface area contributed by atoms with Crippen LogP contribution >= 0.6 is 24.0 Å². The van der Waals surface area contributed by atoms with E-state index >= 15 is 0 Å². The molecule has 0 saturated carbocycles. The summed E-state index contributed by atoms with van der Waals surface area (Å²) >= 11 is 0. The topological polar surface area (TPSA) is 84.6 Å². The van der Waals surface area contributed by atoms with Gasteiger partial charge in [-0.15, -0.1) is 24.0 Å². The van der Waals surface area contributed by atoms with E-state index in [0.29, 0.717) is 32.0 Å². The Bertz CT molecular complexity index is 409. The van der Waals surface area contributed by atoms with Gasteiger partial charge in [-0.1, -0.05) is 19.0 Å². The second kappa shape index (κ2) is 11.7. The molecule has 21 heavy (non-hydrogen) atoms. The lowest BCUT2D eigenvalue weighted by Gasteiger charge is -2.09. The number of halogens is 1. The molecule has 0 aromatic carbocycles. The van der Waals surface area contributed by atoms with E-state index in [9.17, 15) is 0 Å². The summed E-state index contributed by atoms with van der Waals surface area (Å²) < 4.78 is 10.2. The summed E-state index contributed by atoms with van der Waals surface area (Å²) in [6, 6.07) is 0. The monoisotopic (exact) mass is 411 g/mol.